The summed E-state index contributed by atoms with van der Waals surface area (Å²) in [5, 5.41) is 18.0. The lowest BCUT2D eigenvalue weighted by Crippen LogP contribution is -2.35. The number of anilines is 1. The van der Waals surface area contributed by atoms with E-state index in [1.807, 2.05) is 32.4 Å². The van der Waals surface area contributed by atoms with E-state index in [9.17, 15) is 4.79 Å². The van der Waals surface area contributed by atoms with Crippen LogP contribution < -0.4 is 10.6 Å². The fourth-order valence-electron chi connectivity index (χ4n) is 2.66. The first kappa shape index (κ1) is 16.0. The second kappa shape index (κ2) is 6.31. The van der Waals surface area contributed by atoms with Gasteiger partial charge in [-0.25, -0.2) is 9.48 Å². The van der Waals surface area contributed by atoms with Crippen LogP contribution in [0.3, 0.4) is 0 Å². The van der Waals surface area contributed by atoms with Crippen molar-refractivity contribution in [3.63, 3.8) is 0 Å². The highest BCUT2D eigenvalue weighted by Crippen LogP contribution is 2.21. The zero-order valence-corrected chi connectivity index (χ0v) is 14.2. The Hall–Kier alpha value is -2.90. The van der Waals surface area contributed by atoms with Crippen molar-refractivity contribution in [2.45, 2.75) is 19.9 Å². The Kier molecular flexibility index (Phi) is 4.20. The van der Waals surface area contributed by atoms with Crippen LogP contribution in [0.5, 0.6) is 0 Å². The van der Waals surface area contributed by atoms with Gasteiger partial charge in [0.05, 0.1) is 17.8 Å². The Balaban J connectivity index is 1.72. The summed E-state index contributed by atoms with van der Waals surface area (Å²) in [6, 6.07) is 5.14. The molecule has 126 valence electrons. The summed E-state index contributed by atoms with van der Waals surface area (Å²) >= 11 is 0. The molecule has 24 heavy (non-hydrogen) atoms. The summed E-state index contributed by atoms with van der Waals surface area (Å²) in [4.78, 5) is 12.4. The van der Waals surface area contributed by atoms with Gasteiger partial charge in [-0.1, -0.05) is 19.1 Å². The molecule has 2 N–H and O–H groups in total. The molecule has 2 heterocycles. The highest BCUT2D eigenvalue weighted by atomic mass is 16.2. The predicted molar refractivity (Wildman–Crippen MR) is 91.5 cm³/mol. The fraction of sp³-hybridized carbons (Fsp3) is 0.375. The summed E-state index contributed by atoms with van der Waals surface area (Å²) in [5.74, 6) is 0.238. The minimum absolute atomic E-state index is 0.112. The zero-order valence-electron chi connectivity index (χ0n) is 14.2. The van der Waals surface area contributed by atoms with E-state index in [0.29, 0.717) is 5.69 Å². The van der Waals surface area contributed by atoms with Crippen LogP contribution in [0.15, 0.2) is 30.6 Å². The van der Waals surface area contributed by atoms with Crippen LogP contribution in [0.1, 0.15) is 25.5 Å². The first-order valence-electron chi connectivity index (χ1n) is 7.79. The second-order valence-electron chi connectivity index (χ2n) is 6.18. The van der Waals surface area contributed by atoms with E-state index in [1.54, 1.807) is 21.6 Å². The van der Waals surface area contributed by atoms with Crippen molar-refractivity contribution < 1.29 is 4.79 Å². The van der Waals surface area contributed by atoms with Gasteiger partial charge >= 0.3 is 6.03 Å². The third kappa shape index (κ3) is 3.22. The first-order valence-corrected chi connectivity index (χ1v) is 7.79. The molecule has 8 nitrogen and oxygen atoms in total. The highest BCUT2D eigenvalue weighted by molar-refractivity contribution is 5.92. The average molecular weight is 327 g/mol. The molecule has 0 fully saturated rings. The first-order chi connectivity index (χ1) is 11.4. The molecule has 0 aliphatic rings. The van der Waals surface area contributed by atoms with Gasteiger partial charge in [0.25, 0.3) is 0 Å². The van der Waals surface area contributed by atoms with Gasteiger partial charge in [-0.05, 0) is 24.1 Å². The Morgan fingerprint density at radius 1 is 1.25 bits per heavy atom. The van der Waals surface area contributed by atoms with Crippen molar-refractivity contribution in [1.29, 1.82) is 0 Å². The number of amides is 2. The van der Waals surface area contributed by atoms with E-state index in [-0.39, 0.29) is 18.0 Å². The maximum absolute atomic E-state index is 12.4. The van der Waals surface area contributed by atoms with Gasteiger partial charge in [0.2, 0.25) is 0 Å². The summed E-state index contributed by atoms with van der Waals surface area (Å²) in [7, 11) is 3.69. The number of rotatable bonds is 4. The molecule has 8 heteroatoms. The maximum atomic E-state index is 12.4. The quantitative estimate of drug-likeness (QED) is 0.769. The largest absolute Gasteiger partial charge is 0.331 e. The van der Waals surface area contributed by atoms with Crippen molar-refractivity contribution in [2.24, 2.45) is 20.0 Å². The summed E-state index contributed by atoms with van der Waals surface area (Å²) in [6.07, 6.45) is 3.69. The third-order valence-electron chi connectivity index (χ3n) is 3.91. The van der Waals surface area contributed by atoms with Crippen LogP contribution in [-0.2, 0) is 14.1 Å². The number of hydrogen-bond donors (Lipinski definition) is 2. The lowest BCUT2D eigenvalue weighted by molar-refractivity contribution is 0.244. The number of carbonyl (C=O) groups is 1. The van der Waals surface area contributed by atoms with Crippen LogP contribution >= 0.6 is 0 Å². The monoisotopic (exact) mass is 327 g/mol. The number of fused-ring (bicyclic) bond motifs is 1. The van der Waals surface area contributed by atoms with Gasteiger partial charge in [-0.3, -0.25) is 4.68 Å². The SMILES string of the molecule is CC(C)C(NC(=O)Nc1ccc2c(c1)nnn2C)c1cnn(C)c1. The minimum Gasteiger partial charge on any atom is -0.331 e. The lowest BCUT2D eigenvalue weighted by Gasteiger charge is -2.21. The zero-order chi connectivity index (χ0) is 17.3. The van der Waals surface area contributed by atoms with Gasteiger partial charge in [0, 0.05) is 31.5 Å². The molecule has 0 saturated carbocycles. The van der Waals surface area contributed by atoms with Gasteiger partial charge in [-0.15, -0.1) is 5.10 Å². The fourth-order valence-corrected chi connectivity index (χ4v) is 2.66. The number of carbonyl (C=O) groups excluding carboxylic acids is 1. The summed E-state index contributed by atoms with van der Waals surface area (Å²) in [6.45, 7) is 4.12. The van der Waals surface area contributed by atoms with Crippen molar-refractivity contribution in [3.8, 4) is 0 Å². The molecule has 0 aliphatic carbocycles. The second-order valence-corrected chi connectivity index (χ2v) is 6.18. The third-order valence-corrected chi connectivity index (χ3v) is 3.91. The molecule has 3 rings (SSSR count). The molecule has 0 spiro atoms. The van der Waals surface area contributed by atoms with Crippen LogP contribution in [0.4, 0.5) is 10.5 Å². The lowest BCUT2D eigenvalue weighted by atomic mass is 9.99. The molecular weight excluding hydrogens is 306 g/mol. The van der Waals surface area contributed by atoms with Gasteiger partial charge in [0.15, 0.2) is 0 Å². The average Bonchev–Trinajstić information content (AvgIpc) is 3.11. The number of nitrogens with one attached hydrogen (secondary N) is 2. The molecule has 2 aromatic heterocycles. The molecular formula is C16H21N7O. The Labute approximate surface area is 139 Å². The summed E-state index contributed by atoms with van der Waals surface area (Å²) in [5.41, 5.74) is 3.31. The Bertz CT molecular complexity index is 864. The number of urea groups is 1. The Morgan fingerprint density at radius 3 is 2.71 bits per heavy atom. The number of aromatic nitrogens is 5. The van der Waals surface area contributed by atoms with E-state index in [0.717, 1.165) is 16.6 Å². The molecule has 0 radical (unpaired) electrons. The van der Waals surface area contributed by atoms with Crippen molar-refractivity contribution in [3.05, 3.63) is 36.2 Å². The van der Waals surface area contributed by atoms with Crippen LogP contribution in [0.2, 0.25) is 0 Å². The van der Waals surface area contributed by atoms with Crippen molar-refractivity contribution in [2.75, 3.05) is 5.32 Å². The molecule has 0 saturated heterocycles. The van der Waals surface area contributed by atoms with Gasteiger partial charge < -0.3 is 10.6 Å². The van der Waals surface area contributed by atoms with Crippen molar-refractivity contribution >= 4 is 22.8 Å². The normalized spacial score (nSPS) is 12.5. The topological polar surface area (TPSA) is 89.7 Å². The van der Waals surface area contributed by atoms with E-state index >= 15 is 0 Å². The van der Waals surface area contributed by atoms with Crippen molar-refractivity contribution in [1.82, 2.24) is 30.1 Å². The number of aryl methyl sites for hydroxylation is 2. The molecule has 0 aliphatic heterocycles. The molecule has 2 amide bonds. The molecule has 0 bridgehead atoms. The van der Waals surface area contributed by atoms with E-state index < -0.39 is 0 Å². The van der Waals surface area contributed by atoms with Crippen LogP contribution in [-0.4, -0.2) is 30.8 Å². The van der Waals surface area contributed by atoms with E-state index in [1.165, 1.54) is 0 Å². The van der Waals surface area contributed by atoms with Crippen LogP contribution in [0, 0.1) is 5.92 Å². The molecule has 3 aromatic rings. The number of nitrogens with zero attached hydrogens (tertiary/aromatic N) is 5. The Morgan fingerprint density at radius 2 is 2.04 bits per heavy atom. The number of benzene rings is 1. The van der Waals surface area contributed by atoms with E-state index in [2.05, 4.69) is 39.9 Å². The standard InChI is InChI=1S/C16H21N7O/c1-10(2)15(11-8-17-22(3)9-11)19-16(24)18-12-5-6-14-13(7-12)20-21-23(14)4/h5-10,15H,1-4H3,(H2,18,19,24). The minimum atomic E-state index is -0.263. The predicted octanol–water partition coefficient (Wildman–Crippen LogP) is 2.22. The maximum Gasteiger partial charge on any atom is 0.319 e. The van der Waals surface area contributed by atoms with Gasteiger partial charge in [0.1, 0.15) is 5.52 Å². The van der Waals surface area contributed by atoms with E-state index in [4.69, 9.17) is 0 Å². The highest BCUT2D eigenvalue weighted by Gasteiger charge is 2.20. The molecule has 1 unspecified atom stereocenters. The summed E-state index contributed by atoms with van der Waals surface area (Å²) < 4.78 is 3.42. The smallest absolute Gasteiger partial charge is 0.319 e. The molecule has 1 atom stereocenters. The van der Waals surface area contributed by atoms with Gasteiger partial charge in [-0.2, -0.15) is 5.10 Å². The van der Waals surface area contributed by atoms with Crippen LogP contribution in [0.25, 0.3) is 11.0 Å². The molecule has 1 aromatic carbocycles. The number of hydrogen-bond acceptors (Lipinski definition) is 4.